The van der Waals surface area contributed by atoms with Gasteiger partial charge in [0.25, 0.3) is 0 Å². The minimum absolute atomic E-state index is 0.566. The molecule has 0 aromatic heterocycles. The molecule has 0 radical (unpaired) electrons. The Bertz CT molecular complexity index is 300. The third-order valence-corrected chi connectivity index (χ3v) is 3.17. The molecule has 0 bridgehead atoms. The Hall–Kier alpha value is -0.980. The summed E-state index contributed by atoms with van der Waals surface area (Å²) in [6.45, 7) is 13.7. The van der Waals surface area contributed by atoms with Crippen LogP contribution >= 0.6 is 0 Å². The van der Waals surface area contributed by atoms with Crippen LogP contribution in [0.15, 0.2) is 24.3 Å². The second kappa shape index (κ2) is 9.99. The van der Waals surface area contributed by atoms with Gasteiger partial charge in [0.1, 0.15) is 5.75 Å². The molecule has 0 fully saturated rings. The molecule has 1 nitrogen and oxygen atoms in total. The van der Waals surface area contributed by atoms with Gasteiger partial charge in [-0.25, -0.2) is 0 Å². The van der Waals surface area contributed by atoms with Gasteiger partial charge in [-0.1, -0.05) is 66.5 Å². The van der Waals surface area contributed by atoms with Crippen LogP contribution in [0, 0.1) is 5.92 Å². The van der Waals surface area contributed by atoms with E-state index in [0.717, 1.165) is 12.4 Å². The molecular formula is C17H30O. The molecule has 1 heteroatoms. The van der Waals surface area contributed by atoms with E-state index < -0.39 is 0 Å². The molecule has 104 valence electrons. The molecule has 0 amide bonds. The van der Waals surface area contributed by atoms with E-state index in [9.17, 15) is 0 Å². The van der Waals surface area contributed by atoms with Gasteiger partial charge in [-0.2, -0.15) is 0 Å². The minimum atomic E-state index is 0.566. The number of benzene rings is 1. The summed E-state index contributed by atoms with van der Waals surface area (Å²) in [5.74, 6) is 2.26. The van der Waals surface area contributed by atoms with E-state index in [4.69, 9.17) is 4.74 Å². The Balaban J connectivity index is 0.00000137. The standard InChI is InChI=1S/C15H24O.C2H6/c1-5-13(6-2)11-16-15-9-7-8-14(10-15)12(3)4;1-2/h7-10,12-13H,5-6,11H2,1-4H3;1-2H3. The fourth-order valence-electron chi connectivity index (χ4n) is 1.70. The van der Waals surface area contributed by atoms with Gasteiger partial charge in [-0.3, -0.25) is 0 Å². The fraction of sp³-hybridized carbons (Fsp3) is 0.647. The van der Waals surface area contributed by atoms with Crippen molar-refractivity contribution >= 4 is 0 Å². The van der Waals surface area contributed by atoms with E-state index >= 15 is 0 Å². The summed E-state index contributed by atoms with van der Waals surface area (Å²) in [4.78, 5) is 0. The first-order valence-corrected chi connectivity index (χ1v) is 7.40. The molecule has 1 aromatic carbocycles. The molecule has 0 heterocycles. The largest absolute Gasteiger partial charge is 0.493 e. The lowest BCUT2D eigenvalue weighted by Crippen LogP contribution is -2.10. The van der Waals surface area contributed by atoms with Gasteiger partial charge in [0.15, 0.2) is 0 Å². The maximum Gasteiger partial charge on any atom is 0.119 e. The molecule has 0 unspecified atom stereocenters. The summed E-state index contributed by atoms with van der Waals surface area (Å²) >= 11 is 0. The average Bonchev–Trinajstić information content (AvgIpc) is 2.42. The van der Waals surface area contributed by atoms with Crippen LogP contribution in [-0.2, 0) is 0 Å². The van der Waals surface area contributed by atoms with Crippen molar-refractivity contribution in [2.24, 2.45) is 5.92 Å². The van der Waals surface area contributed by atoms with Gasteiger partial charge in [0.2, 0.25) is 0 Å². The maximum absolute atomic E-state index is 5.84. The molecule has 0 aliphatic carbocycles. The van der Waals surface area contributed by atoms with E-state index in [1.165, 1.54) is 18.4 Å². The first-order chi connectivity index (χ1) is 8.67. The van der Waals surface area contributed by atoms with Crippen molar-refractivity contribution in [1.82, 2.24) is 0 Å². The molecule has 18 heavy (non-hydrogen) atoms. The predicted molar refractivity (Wildman–Crippen MR) is 81.4 cm³/mol. The summed E-state index contributed by atoms with van der Waals surface area (Å²) in [7, 11) is 0. The molecular weight excluding hydrogens is 220 g/mol. The second-order valence-corrected chi connectivity index (χ2v) is 4.72. The molecule has 0 atom stereocenters. The lowest BCUT2D eigenvalue weighted by atomic mass is 10.0. The highest BCUT2D eigenvalue weighted by molar-refractivity contribution is 5.30. The third kappa shape index (κ3) is 6.09. The summed E-state index contributed by atoms with van der Waals surface area (Å²) in [5.41, 5.74) is 1.35. The van der Waals surface area contributed by atoms with Crippen molar-refractivity contribution in [1.29, 1.82) is 0 Å². The molecule has 0 spiro atoms. The van der Waals surface area contributed by atoms with Gasteiger partial charge in [0, 0.05) is 0 Å². The lowest BCUT2D eigenvalue weighted by molar-refractivity contribution is 0.240. The van der Waals surface area contributed by atoms with Crippen molar-refractivity contribution in [3.8, 4) is 5.75 Å². The van der Waals surface area contributed by atoms with Gasteiger partial charge in [-0.05, 0) is 29.5 Å². The van der Waals surface area contributed by atoms with Crippen LogP contribution in [0.5, 0.6) is 5.75 Å². The highest BCUT2D eigenvalue weighted by atomic mass is 16.5. The zero-order valence-corrected chi connectivity index (χ0v) is 13.0. The smallest absolute Gasteiger partial charge is 0.119 e. The Labute approximate surface area is 114 Å². The Kier molecular flexibility index (Phi) is 9.45. The van der Waals surface area contributed by atoms with Crippen LogP contribution in [0.1, 0.15) is 65.9 Å². The van der Waals surface area contributed by atoms with Crippen LogP contribution < -0.4 is 4.74 Å². The van der Waals surface area contributed by atoms with Crippen molar-refractivity contribution < 1.29 is 4.74 Å². The van der Waals surface area contributed by atoms with Crippen molar-refractivity contribution in [3.05, 3.63) is 29.8 Å². The number of hydrogen-bond acceptors (Lipinski definition) is 1. The SMILES string of the molecule is CC.CCC(CC)COc1cccc(C(C)C)c1. The monoisotopic (exact) mass is 250 g/mol. The molecule has 0 N–H and O–H groups in total. The van der Waals surface area contributed by atoms with Crippen LogP contribution in [-0.4, -0.2) is 6.61 Å². The Morgan fingerprint density at radius 2 is 1.67 bits per heavy atom. The second-order valence-electron chi connectivity index (χ2n) is 4.72. The summed E-state index contributed by atoms with van der Waals surface area (Å²) in [5, 5.41) is 0. The van der Waals surface area contributed by atoms with Crippen LogP contribution in [0.25, 0.3) is 0 Å². The Morgan fingerprint density at radius 1 is 1.06 bits per heavy atom. The van der Waals surface area contributed by atoms with E-state index in [1.54, 1.807) is 0 Å². The van der Waals surface area contributed by atoms with Crippen molar-refractivity contribution in [2.45, 2.75) is 60.3 Å². The van der Waals surface area contributed by atoms with E-state index in [1.807, 2.05) is 19.9 Å². The predicted octanol–water partition coefficient (Wildman–Crippen LogP) is 5.65. The van der Waals surface area contributed by atoms with Crippen LogP contribution in [0.4, 0.5) is 0 Å². The number of rotatable bonds is 6. The molecule has 0 saturated carbocycles. The van der Waals surface area contributed by atoms with Gasteiger partial charge < -0.3 is 4.74 Å². The van der Waals surface area contributed by atoms with Crippen molar-refractivity contribution in [3.63, 3.8) is 0 Å². The quantitative estimate of drug-likeness (QED) is 0.633. The van der Waals surface area contributed by atoms with Crippen LogP contribution in [0.2, 0.25) is 0 Å². The van der Waals surface area contributed by atoms with E-state index in [0.29, 0.717) is 11.8 Å². The van der Waals surface area contributed by atoms with Crippen LogP contribution in [0.3, 0.4) is 0 Å². The molecule has 1 rings (SSSR count). The first kappa shape index (κ1) is 17.0. The van der Waals surface area contributed by atoms with Gasteiger partial charge in [-0.15, -0.1) is 0 Å². The molecule has 0 aliphatic heterocycles. The van der Waals surface area contributed by atoms with E-state index in [-0.39, 0.29) is 0 Å². The van der Waals surface area contributed by atoms with E-state index in [2.05, 4.69) is 45.9 Å². The van der Waals surface area contributed by atoms with Crippen molar-refractivity contribution in [2.75, 3.05) is 6.61 Å². The fourth-order valence-corrected chi connectivity index (χ4v) is 1.70. The Morgan fingerprint density at radius 3 is 2.17 bits per heavy atom. The maximum atomic E-state index is 5.84. The molecule has 0 saturated heterocycles. The summed E-state index contributed by atoms with van der Waals surface area (Å²) in [6.07, 6.45) is 2.39. The lowest BCUT2D eigenvalue weighted by Gasteiger charge is -2.15. The van der Waals surface area contributed by atoms with Gasteiger partial charge in [0.05, 0.1) is 6.61 Å². The summed E-state index contributed by atoms with van der Waals surface area (Å²) < 4.78 is 5.84. The highest BCUT2D eigenvalue weighted by Crippen LogP contribution is 2.21. The zero-order chi connectivity index (χ0) is 14.0. The number of ether oxygens (including phenoxy) is 1. The molecule has 1 aromatic rings. The average molecular weight is 250 g/mol. The highest BCUT2D eigenvalue weighted by Gasteiger charge is 2.05. The molecule has 0 aliphatic rings. The summed E-state index contributed by atoms with van der Waals surface area (Å²) in [6, 6.07) is 8.45. The topological polar surface area (TPSA) is 9.23 Å². The zero-order valence-electron chi connectivity index (χ0n) is 13.0. The minimum Gasteiger partial charge on any atom is -0.493 e. The van der Waals surface area contributed by atoms with Gasteiger partial charge >= 0.3 is 0 Å². The third-order valence-electron chi connectivity index (χ3n) is 3.17. The normalized spacial score (nSPS) is 10.2. The first-order valence-electron chi connectivity index (χ1n) is 7.40. The number of hydrogen-bond donors (Lipinski definition) is 0.